The zero-order valence-electron chi connectivity index (χ0n) is 14.3. The monoisotopic (exact) mass is 381 g/mol. The van der Waals surface area contributed by atoms with E-state index in [1.807, 2.05) is 30.3 Å². The van der Waals surface area contributed by atoms with Gasteiger partial charge >= 0.3 is 0 Å². The fraction of sp³-hybridized carbons (Fsp3) is 0.316. The first-order chi connectivity index (χ1) is 12.4. The van der Waals surface area contributed by atoms with Gasteiger partial charge in [-0.3, -0.25) is 4.79 Å². The maximum Gasteiger partial charge on any atom is 0.220 e. The molecule has 4 nitrogen and oxygen atoms in total. The molecule has 2 rings (SSSR count). The van der Waals surface area contributed by atoms with Crippen molar-refractivity contribution >= 4 is 15.7 Å². The number of sulfone groups is 1. The SMILES string of the molecule is O=C(CCc1cccc(F)c1F)NCCS(=O)(=O)CCc1ccccc1. The molecule has 1 amide bonds. The number of nitrogens with one attached hydrogen (secondary N) is 1. The van der Waals surface area contributed by atoms with Crippen molar-refractivity contribution in [2.45, 2.75) is 19.3 Å². The normalized spacial score (nSPS) is 11.3. The molecule has 0 saturated heterocycles. The van der Waals surface area contributed by atoms with Crippen LogP contribution in [0.15, 0.2) is 48.5 Å². The Labute approximate surface area is 152 Å². The second-order valence-electron chi connectivity index (χ2n) is 5.95. The van der Waals surface area contributed by atoms with Crippen molar-refractivity contribution < 1.29 is 22.0 Å². The van der Waals surface area contributed by atoms with Crippen LogP contribution in [0.4, 0.5) is 8.78 Å². The number of amides is 1. The summed E-state index contributed by atoms with van der Waals surface area (Å²) < 4.78 is 50.6. The Morgan fingerprint density at radius 3 is 2.38 bits per heavy atom. The van der Waals surface area contributed by atoms with E-state index >= 15 is 0 Å². The van der Waals surface area contributed by atoms with Gasteiger partial charge in [-0.1, -0.05) is 42.5 Å². The molecular formula is C19H21F2NO3S. The molecule has 0 radical (unpaired) electrons. The maximum absolute atomic E-state index is 13.5. The van der Waals surface area contributed by atoms with Crippen LogP contribution in [0.3, 0.4) is 0 Å². The van der Waals surface area contributed by atoms with E-state index < -0.39 is 27.4 Å². The summed E-state index contributed by atoms with van der Waals surface area (Å²) in [5.74, 6) is -2.44. The molecule has 0 spiro atoms. The Balaban J connectivity index is 1.71. The standard InChI is InChI=1S/C19H21F2NO3S/c20-17-8-4-7-16(19(17)21)9-10-18(23)22-12-14-26(24,25)13-11-15-5-2-1-3-6-15/h1-8H,9-14H2,(H,22,23). The largest absolute Gasteiger partial charge is 0.355 e. The van der Waals surface area contributed by atoms with Gasteiger partial charge in [-0.25, -0.2) is 17.2 Å². The number of benzene rings is 2. The van der Waals surface area contributed by atoms with Gasteiger partial charge in [0.1, 0.15) is 0 Å². The van der Waals surface area contributed by atoms with E-state index in [1.165, 1.54) is 12.1 Å². The lowest BCUT2D eigenvalue weighted by atomic mass is 10.1. The number of hydrogen-bond donors (Lipinski definition) is 1. The molecule has 0 heterocycles. The quantitative estimate of drug-likeness (QED) is 0.726. The Bertz CT molecular complexity index is 839. The first-order valence-corrected chi connectivity index (χ1v) is 10.1. The van der Waals surface area contributed by atoms with Crippen LogP contribution in [0, 0.1) is 11.6 Å². The van der Waals surface area contributed by atoms with Crippen molar-refractivity contribution in [3.05, 3.63) is 71.3 Å². The van der Waals surface area contributed by atoms with Gasteiger partial charge in [0.2, 0.25) is 5.91 Å². The van der Waals surface area contributed by atoms with Crippen LogP contribution in [0.5, 0.6) is 0 Å². The van der Waals surface area contributed by atoms with Crippen molar-refractivity contribution in [2.75, 3.05) is 18.1 Å². The van der Waals surface area contributed by atoms with Crippen molar-refractivity contribution in [1.82, 2.24) is 5.32 Å². The van der Waals surface area contributed by atoms with Gasteiger partial charge in [-0.15, -0.1) is 0 Å². The number of halogens is 2. The molecule has 0 aliphatic heterocycles. The highest BCUT2D eigenvalue weighted by molar-refractivity contribution is 7.91. The third-order valence-corrected chi connectivity index (χ3v) is 5.59. The molecule has 26 heavy (non-hydrogen) atoms. The van der Waals surface area contributed by atoms with Crippen LogP contribution >= 0.6 is 0 Å². The Kier molecular flexibility index (Phi) is 7.26. The summed E-state index contributed by atoms with van der Waals surface area (Å²) in [4.78, 5) is 11.8. The summed E-state index contributed by atoms with van der Waals surface area (Å²) in [5, 5.41) is 2.51. The van der Waals surface area contributed by atoms with E-state index in [2.05, 4.69) is 5.32 Å². The fourth-order valence-electron chi connectivity index (χ4n) is 2.44. The number of aryl methyl sites for hydroxylation is 2. The third kappa shape index (κ3) is 6.55. The van der Waals surface area contributed by atoms with Crippen LogP contribution in [0.1, 0.15) is 17.5 Å². The van der Waals surface area contributed by atoms with Crippen LogP contribution in [0.25, 0.3) is 0 Å². The van der Waals surface area contributed by atoms with E-state index in [0.29, 0.717) is 6.42 Å². The molecule has 0 unspecified atom stereocenters. The van der Waals surface area contributed by atoms with Crippen molar-refractivity contribution in [1.29, 1.82) is 0 Å². The van der Waals surface area contributed by atoms with Gasteiger partial charge in [0, 0.05) is 13.0 Å². The average molecular weight is 381 g/mol. The van der Waals surface area contributed by atoms with Crippen LogP contribution in [0.2, 0.25) is 0 Å². The van der Waals surface area contributed by atoms with Gasteiger partial charge in [0.15, 0.2) is 21.5 Å². The topological polar surface area (TPSA) is 63.2 Å². The molecule has 2 aromatic rings. The predicted molar refractivity (Wildman–Crippen MR) is 96.5 cm³/mol. The van der Waals surface area contributed by atoms with Gasteiger partial charge in [0.05, 0.1) is 11.5 Å². The maximum atomic E-state index is 13.5. The smallest absolute Gasteiger partial charge is 0.220 e. The van der Waals surface area contributed by atoms with Crippen LogP contribution in [-0.4, -0.2) is 32.4 Å². The zero-order valence-corrected chi connectivity index (χ0v) is 15.1. The number of carbonyl (C=O) groups is 1. The molecule has 7 heteroatoms. The molecule has 0 aliphatic carbocycles. The van der Waals surface area contributed by atoms with E-state index in [4.69, 9.17) is 0 Å². The highest BCUT2D eigenvalue weighted by atomic mass is 32.2. The minimum absolute atomic E-state index is 0.00158. The average Bonchev–Trinajstić information content (AvgIpc) is 2.62. The Hall–Kier alpha value is -2.28. The minimum Gasteiger partial charge on any atom is -0.355 e. The third-order valence-electron chi connectivity index (χ3n) is 3.93. The molecule has 0 aliphatic rings. The van der Waals surface area contributed by atoms with Gasteiger partial charge < -0.3 is 5.32 Å². The highest BCUT2D eigenvalue weighted by Crippen LogP contribution is 2.13. The van der Waals surface area contributed by atoms with Gasteiger partial charge in [-0.05, 0) is 30.0 Å². The molecule has 0 bridgehead atoms. The second-order valence-corrected chi connectivity index (χ2v) is 8.25. The summed E-state index contributed by atoms with van der Waals surface area (Å²) in [6, 6.07) is 13.1. The number of carbonyl (C=O) groups excluding carboxylic acids is 1. The molecule has 140 valence electrons. The summed E-state index contributed by atoms with van der Waals surface area (Å²) in [6.45, 7) is 0.00158. The van der Waals surface area contributed by atoms with E-state index in [1.54, 1.807) is 0 Å². The summed E-state index contributed by atoms with van der Waals surface area (Å²) in [5.41, 5.74) is 1.06. The zero-order chi connectivity index (χ0) is 19.0. The minimum atomic E-state index is -3.28. The lowest BCUT2D eigenvalue weighted by molar-refractivity contribution is -0.120. The first-order valence-electron chi connectivity index (χ1n) is 8.31. The number of rotatable bonds is 9. The molecule has 1 N–H and O–H groups in total. The Morgan fingerprint density at radius 1 is 0.923 bits per heavy atom. The Morgan fingerprint density at radius 2 is 1.65 bits per heavy atom. The highest BCUT2D eigenvalue weighted by Gasteiger charge is 2.13. The predicted octanol–water partition coefficient (Wildman–Crippen LogP) is 2.67. The second kappa shape index (κ2) is 9.43. The van der Waals surface area contributed by atoms with Crippen LogP contribution in [-0.2, 0) is 27.5 Å². The fourth-order valence-corrected chi connectivity index (χ4v) is 3.61. The van der Waals surface area contributed by atoms with Crippen LogP contribution < -0.4 is 5.32 Å². The molecular weight excluding hydrogens is 360 g/mol. The summed E-state index contributed by atoms with van der Waals surface area (Å²) in [7, 11) is -3.28. The molecule has 0 saturated carbocycles. The first kappa shape index (κ1) is 20.0. The van der Waals surface area contributed by atoms with E-state index in [-0.39, 0.29) is 36.5 Å². The number of hydrogen-bond acceptors (Lipinski definition) is 3. The lowest BCUT2D eigenvalue weighted by Gasteiger charge is -2.07. The summed E-state index contributed by atoms with van der Waals surface area (Å²) in [6.07, 6.45) is 0.441. The van der Waals surface area contributed by atoms with Gasteiger partial charge in [-0.2, -0.15) is 0 Å². The molecule has 2 aromatic carbocycles. The van der Waals surface area contributed by atoms with E-state index in [0.717, 1.165) is 11.6 Å². The molecule has 0 fully saturated rings. The molecule has 0 atom stereocenters. The van der Waals surface area contributed by atoms with Crippen molar-refractivity contribution in [3.8, 4) is 0 Å². The van der Waals surface area contributed by atoms with E-state index in [9.17, 15) is 22.0 Å². The lowest BCUT2D eigenvalue weighted by Crippen LogP contribution is -2.30. The van der Waals surface area contributed by atoms with Crippen molar-refractivity contribution in [2.24, 2.45) is 0 Å². The van der Waals surface area contributed by atoms with Gasteiger partial charge in [0.25, 0.3) is 0 Å². The molecule has 0 aromatic heterocycles. The van der Waals surface area contributed by atoms with Crippen molar-refractivity contribution in [3.63, 3.8) is 0 Å². The summed E-state index contributed by atoms with van der Waals surface area (Å²) >= 11 is 0.